The molecule has 0 saturated carbocycles. The van der Waals surface area contributed by atoms with E-state index in [1.54, 1.807) is 17.4 Å². The van der Waals surface area contributed by atoms with Gasteiger partial charge < -0.3 is 9.47 Å². The van der Waals surface area contributed by atoms with Gasteiger partial charge in [0.05, 0.1) is 10.5 Å². The minimum atomic E-state index is -0.443. The lowest BCUT2D eigenvalue weighted by atomic mass is 9.99. The van der Waals surface area contributed by atoms with Gasteiger partial charge in [0.2, 0.25) is 5.17 Å². The van der Waals surface area contributed by atoms with E-state index in [2.05, 4.69) is 36.1 Å². The maximum Gasteiger partial charge on any atom is 0.283 e. The van der Waals surface area contributed by atoms with Crippen LogP contribution < -0.4 is 9.47 Å². The van der Waals surface area contributed by atoms with E-state index in [-0.39, 0.29) is 11.4 Å². The van der Waals surface area contributed by atoms with Crippen LogP contribution in [0, 0.1) is 5.41 Å². The predicted molar refractivity (Wildman–Crippen MR) is 151 cm³/mol. The van der Waals surface area contributed by atoms with Crippen LogP contribution in [0.3, 0.4) is 0 Å². The number of ether oxygens (including phenoxy) is 2. The molecule has 2 aromatic carbocycles. The van der Waals surface area contributed by atoms with Crippen molar-refractivity contribution in [2.24, 2.45) is 10.1 Å². The minimum Gasteiger partial charge on any atom is -0.490 e. The van der Waals surface area contributed by atoms with Crippen LogP contribution in [0.15, 0.2) is 81.7 Å². The number of thioether (sulfide) groups is 1. The Kier molecular flexibility index (Phi) is 7.52. The third-order valence-electron chi connectivity index (χ3n) is 6.06. The van der Waals surface area contributed by atoms with Crippen molar-refractivity contribution in [1.29, 1.82) is 5.41 Å². The molecule has 0 aliphatic carbocycles. The lowest BCUT2D eigenvalue weighted by Crippen LogP contribution is -2.35. The molecule has 9 heteroatoms. The van der Waals surface area contributed by atoms with Crippen molar-refractivity contribution in [2.75, 3.05) is 13.2 Å². The number of nitrogens with one attached hydrogen (secondary N) is 1. The number of fused-ring (bicyclic) bond motifs is 1. The highest BCUT2D eigenvalue weighted by molar-refractivity contribution is 8.27. The number of carbonyl (C=O) groups is 1. The van der Waals surface area contributed by atoms with Crippen LogP contribution in [0.2, 0.25) is 0 Å². The Morgan fingerprint density at radius 2 is 1.70 bits per heavy atom. The second-order valence-electron chi connectivity index (χ2n) is 8.55. The van der Waals surface area contributed by atoms with Crippen LogP contribution >= 0.6 is 23.1 Å². The van der Waals surface area contributed by atoms with Crippen molar-refractivity contribution in [3.8, 4) is 11.5 Å². The average Bonchev–Trinajstić information content (AvgIpc) is 3.60. The molecule has 1 atom stereocenters. The molecular formula is C28H26N4O3S2. The molecular weight excluding hydrogens is 504 g/mol. The molecule has 2 aliphatic heterocycles. The lowest BCUT2D eigenvalue weighted by Gasteiger charge is -2.20. The third kappa shape index (κ3) is 5.68. The van der Waals surface area contributed by atoms with Crippen molar-refractivity contribution in [3.05, 3.63) is 87.6 Å². The summed E-state index contributed by atoms with van der Waals surface area (Å²) in [7, 11) is 0. The topological polar surface area (TPSA) is 87.3 Å². The summed E-state index contributed by atoms with van der Waals surface area (Å²) in [4.78, 5) is 17.8. The van der Waals surface area contributed by atoms with Crippen LogP contribution in [0.25, 0.3) is 6.08 Å². The Bertz CT molecular complexity index is 1380. The van der Waals surface area contributed by atoms with Crippen molar-refractivity contribution >= 4 is 51.1 Å². The SMILES string of the molecule is CCC(C)c1ccc(OCCOc2ccc(/C=C3/C(=N)N4N=C(c5cccs5)SC4=NC3=O)cc2)cc1. The van der Waals surface area contributed by atoms with E-state index in [1.807, 2.05) is 53.9 Å². The minimum absolute atomic E-state index is 0.0173. The second-order valence-corrected chi connectivity index (χ2v) is 10.5. The van der Waals surface area contributed by atoms with Gasteiger partial charge in [-0.05, 0) is 77.0 Å². The van der Waals surface area contributed by atoms with E-state index in [4.69, 9.17) is 14.9 Å². The molecule has 5 rings (SSSR count). The molecule has 1 N–H and O–H groups in total. The third-order valence-corrected chi connectivity index (χ3v) is 8.01. The van der Waals surface area contributed by atoms with E-state index < -0.39 is 5.91 Å². The van der Waals surface area contributed by atoms with E-state index in [9.17, 15) is 4.79 Å². The largest absolute Gasteiger partial charge is 0.490 e. The number of hydrazone groups is 1. The molecule has 1 amide bonds. The van der Waals surface area contributed by atoms with Crippen molar-refractivity contribution in [2.45, 2.75) is 26.2 Å². The number of amides is 1. The number of thiophene rings is 1. The van der Waals surface area contributed by atoms with Gasteiger partial charge in [0.1, 0.15) is 29.8 Å². The Balaban J connectivity index is 1.16. The smallest absolute Gasteiger partial charge is 0.283 e. The molecule has 2 aliphatic rings. The summed E-state index contributed by atoms with van der Waals surface area (Å²) in [6.07, 6.45) is 2.77. The zero-order valence-corrected chi connectivity index (χ0v) is 22.1. The maximum absolute atomic E-state index is 12.6. The van der Waals surface area contributed by atoms with Gasteiger partial charge in [-0.25, -0.2) is 0 Å². The molecule has 37 heavy (non-hydrogen) atoms. The molecule has 3 heterocycles. The summed E-state index contributed by atoms with van der Waals surface area (Å²) in [5.74, 6) is 1.64. The first-order valence-corrected chi connectivity index (χ1v) is 13.7. The Labute approximate surface area is 224 Å². The Hall–Kier alpha value is -3.69. The maximum atomic E-state index is 12.6. The van der Waals surface area contributed by atoms with Crippen molar-refractivity contribution < 1.29 is 14.3 Å². The fourth-order valence-corrected chi connectivity index (χ4v) is 5.45. The van der Waals surface area contributed by atoms with Crippen LogP contribution in [0.1, 0.15) is 42.2 Å². The molecule has 0 saturated heterocycles. The van der Waals surface area contributed by atoms with Gasteiger partial charge in [-0.1, -0.05) is 44.2 Å². The molecule has 7 nitrogen and oxygen atoms in total. The van der Waals surface area contributed by atoms with Gasteiger partial charge in [-0.15, -0.1) is 11.3 Å². The Morgan fingerprint density at radius 3 is 2.32 bits per heavy atom. The molecule has 3 aromatic rings. The van der Waals surface area contributed by atoms with Gasteiger partial charge in [-0.3, -0.25) is 10.2 Å². The number of amidine groups is 2. The standard InChI is InChI=1S/C28H26N4O3S2/c1-3-18(2)20-8-12-22(13-9-20)35-15-14-34-21-10-6-19(7-11-21)17-23-25(29)32-28(30-26(23)33)37-27(31-32)24-5-4-16-36-24/h4-13,16-18,29H,3,14-15H2,1-2H3/b23-17-,29-25?. The van der Waals surface area contributed by atoms with Crippen LogP contribution in [-0.2, 0) is 4.79 Å². The van der Waals surface area contributed by atoms with E-state index in [1.165, 1.54) is 22.3 Å². The quantitative estimate of drug-likeness (QED) is 0.256. The second kappa shape index (κ2) is 11.1. The number of rotatable bonds is 9. The van der Waals surface area contributed by atoms with Crippen molar-refractivity contribution in [3.63, 3.8) is 0 Å². The summed E-state index contributed by atoms with van der Waals surface area (Å²) in [5, 5.41) is 17.6. The molecule has 0 radical (unpaired) electrons. The highest BCUT2D eigenvalue weighted by atomic mass is 32.2. The summed E-state index contributed by atoms with van der Waals surface area (Å²) >= 11 is 2.86. The molecule has 0 spiro atoms. The average molecular weight is 531 g/mol. The van der Waals surface area contributed by atoms with Crippen LogP contribution in [0.4, 0.5) is 0 Å². The number of hydrogen-bond acceptors (Lipinski definition) is 7. The molecule has 0 bridgehead atoms. The number of aliphatic imine (C=N–C) groups is 1. The lowest BCUT2D eigenvalue weighted by molar-refractivity contribution is -0.114. The first-order valence-electron chi connectivity index (χ1n) is 12.0. The van der Waals surface area contributed by atoms with E-state index >= 15 is 0 Å². The number of nitrogens with zero attached hydrogens (tertiary/aromatic N) is 3. The summed E-state index contributed by atoms with van der Waals surface area (Å²) in [6, 6.07) is 19.5. The number of hydrogen-bond donors (Lipinski definition) is 1. The van der Waals surface area contributed by atoms with E-state index in [0.717, 1.165) is 27.7 Å². The molecule has 188 valence electrons. The molecule has 1 unspecified atom stereocenters. The van der Waals surface area contributed by atoms with Gasteiger partial charge in [-0.2, -0.15) is 15.1 Å². The van der Waals surface area contributed by atoms with Crippen LogP contribution in [-0.4, -0.2) is 40.2 Å². The van der Waals surface area contributed by atoms with E-state index in [0.29, 0.717) is 30.0 Å². The zero-order valence-electron chi connectivity index (χ0n) is 20.5. The van der Waals surface area contributed by atoms with Gasteiger partial charge in [0.25, 0.3) is 5.91 Å². The fourth-order valence-electron chi connectivity index (χ4n) is 3.77. The molecule has 1 aromatic heterocycles. The highest BCUT2D eigenvalue weighted by Gasteiger charge is 2.36. The first kappa shape index (κ1) is 25.0. The van der Waals surface area contributed by atoms with Gasteiger partial charge in [0.15, 0.2) is 5.84 Å². The van der Waals surface area contributed by atoms with Crippen LogP contribution in [0.5, 0.6) is 11.5 Å². The van der Waals surface area contributed by atoms with Gasteiger partial charge >= 0.3 is 0 Å². The number of carbonyl (C=O) groups excluding carboxylic acids is 1. The fraction of sp³-hybridized carbons (Fsp3) is 0.214. The summed E-state index contributed by atoms with van der Waals surface area (Å²) in [5.41, 5.74) is 2.28. The molecule has 0 fully saturated rings. The Morgan fingerprint density at radius 1 is 1.03 bits per heavy atom. The summed E-state index contributed by atoms with van der Waals surface area (Å²) < 4.78 is 11.6. The number of benzene rings is 2. The first-order chi connectivity index (χ1) is 18.0. The normalized spacial score (nSPS) is 16.9. The highest BCUT2D eigenvalue weighted by Crippen LogP contribution is 2.32. The zero-order chi connectivity index (χ0) is 25.8. The summed E-state index contributed by atoms with van der Waals surface area (Å²) in [6.45, 7) is 5.24. The van der Waals surface area contributed by atoms with Gasteiger partial charge in [0, 0.05) is 0 Å². The predicted octanol–water partition coefficient (Wildman–Crippen LogP) is 6.39. The van der Waals surface area contributed by atoms with Crippen molar-refractivity contribution in [1.82, 2.24) is 5.01 Å². The monoisotopic (exact) mass is 530 g/mol.